The van der Waals surface area contributed by atoms with Crippen LogP contribution in [0, 0.1) is 57.0 Å². The fourth-order valence-corrected chi connectivity index (χ4v) is 14.0. The molecule has 2 unspecified atom stereocenters. The van der Waals surface area contributed by atoms with Crippen LogP contribution in [0.15, 0.2) is 238 Å². The Morgan fingerprint density at radius 1 is 0.486 bits per heavy atom. The van der Waals surface area contributed by atoms with E-state index in [4.69, 9.17) is 32.0 Å². The molecule has 0 fully saturated rings. The number of halogens is 8. The van der Waals surface area contributed by atoms with Crippen LogP contribution in [0.25, 0.3) is 66.9 Å². The fraction of sp³-hybridized carbons (Fsp3) is 0.242. The molecular formula is C95H94F8N20O11P2S2. The van der Waals surface area contributed by atoms with Crippen LogP contribution >= 0.6 is 19.8 Å². The maximum absolute atomic E-state index is 13.9. The zero-order chi connectivity index (χ0) is 100. The Kier molecular flexibility index (Phi) is 38.3. The highest BCUT2D eigenvalue weighted by Crippen LogP contribution is 2.35. The molecule has 0 saturated heterocycles. The number of ether oxygens (including phenoxy) is 1. The van der Waals surface area contributed by atoms with E-state index in [0.29, 0.717) is 114 Å². The molecule has 6 atom stereocenters. The van der Waals surface area contributed by atoms with E-state index in [2.05, 4.69) is 51.8 Å². The molecule has 2 amide bonds. The molecule has 0 saturated carbocycles. The number of aryl methyl sites for hydroxylation is 1. The number of rotatable bonds is 19. The first-order valence-corrected chi connectivity index (χ1v) is 44.9. The van der Waals surface area contributed by atoms with E-state index in [0.717, 1.165) is 28.5 Å². The molecule has 31 nitrogen and oxygen atoms in total. The van der Waals surface area contributed by atoms with Gasteiger partial charge in [0.1, 0.15) is 40.5 Å². The van der Waals surface area contributed by atoms with Crippen LogP contribution in [0.2, 0.25) is 0 Å². The lowest BCUT2D eigenvalue weighted by Crippen LogP contribution is -2.41. The third-order valence-electron chi connectivity index (χ3n) is 20.0. The molecule has 0 bridgehead atoms. The Bertz CT molecular complexity index is 7320. The van der Waals surface area contributed by atoms with Gasteiger partial charge in [-0.05, 0) is 236 Å². The lowest BCUT2D eigenvalue weighted by Gasteiger charge is -2.30. The van der Waals surface area contributed by atoms with E-state index in [1.54, 1.807) is 189 Å². The van der Waals surface area contributed by atoms with Crippen LogP contribution in [0.4, 0.5) is 39.9 Å². The number of carbonyl (C=O) groups excluding carboxylic acids is 2. The molecule has 0 radical (unpaired) electrons. The predicted molar refractivity (Wildman–Crippen MR) is 515 cm³/mol. The van der Waals surface area contributed by atoms with Gasteiger partial charge in [-0.1, -0.05) is 39.5 Å². The monoisotopic (exact) mass is 1970 g/mol. The summed E-state index contributed by atoms with van der Waals surface area (Å²) in [5.41, 5.74) is 12.6. The molecule has 0 aliphatic carbocycles. The third kappa shape index (κ3) is 28.1. The fourth-order valence-electron chi connectivity index (χ4n) is 13.0. The van der Waals surface area contributed by atoms with Crippen LogP contribution in [0.1, 0.15) is 161 Å². The zero-order valence-electron chi connectivity index (χ0n) is 76.0. The second-order valence-corrected chi connectivity index (χ2v) is 35.5. The number of pyridine rings is 4. The van der Waals surface area contributed by atoms with Gasteiger partial charge in [0.15, 0.2) is 42.3 Å². The summed E-state index contributed by atoms with van der Waals surface area (Å²) in [6.07, 6.45) is -4.23. The van der Waals surface area contributed by atoms with Crippen molar-refractivity contribution in [3.8, 4) is 47.0 Å². The molecule has 8 aromatic heterocycles. The number of nitrogens with zero attached hydrogens (tertiary/aromatic N) is 17. The van der Waals surface area contributed by atoms with Crippen LogP contribution in [0.3, 0.4) is 0 Å². The number of alkyl halides is 6. The highest BCUT2D eigenvalue weighted by Gasteiger charge is 2.37. The van der Waals surface area contributed by atoms with E-state index in [-0.39, 0.29) is 82.6 Å². The van der Waals surface area contributed by atoms with Gasteiger partial charge >= 0.3 is 18.4 Å². The average molecular weight is 1970 g/mol. The molecule has 0 aliphatic rings. The van der Waals surface area contributed by atoms with E-state index in [1.165, 1.54) is 74.7 Å². The average Bonchev–Trinajstić information content (AvgIpc) is 0.685. The number of alkyl carbamates (subject to hydrolysis) is 1. The van der Waals surface area contributed by atoms with Crippen LogP contribution in [0.5, 0.6) is 0 Å². The van der Waals surface area contributed by atoms with Gasteiger partial charge < -0.3 is 26.4 Å². The number of nitrogens with two attached hydrogens (primary N) is 2. The molecule has 14 rings (SSSR count). The van der Waals surface area contributed by atoms with Gasteiger partial charge in [-0.25, -0.2) is 70.3 Å². The Morgan fingerprint density at radius 2 is 0.797 bits per heavy atom. The highest BCUT2D eigenvalue weighted by atomic mass is 32.2. The summed E-state index contributed by atoms with van der Waals surface area (Å²) < 4.78 is 159. The van der Waals surface area contributed by atoms with Gasteiger partial charge in [-0.3, -0.25) is 42.2 Å². The topological polar surface area (TPSA) is 465 Å². The number of nitriles is 4. The molecule has 6 aromatic carbocycles. The van der Waals surface area contributed by atoms with Gasteiger partial charge in [-0.2, -0.15) is 67.2 Å². The zero-order valence-corrected chi connectivity index (χ0v) is 80.4. The summed E-state index contributed by atoms with van der Waals surface area (Å²) in [6.45, 7) is 19.5. The van der Waals surface area contributed by atoms with Crippen molar-refractivity contribution in [2.24, 2.45) is 11.5 Å². The molecule has 0 spiro atoms. The maximum Gasteiger partial charge on any atom is 0.419 e. The van der Waals surface area contributed by atoms with Gasteiger partial charge in [0.25, 0.3) is 22.2 Å². The normalized spacial score (nSPS) is 12.0. The Morgan fingerprint density at radius 3 is 1.09 bits per heavy atom. The van der Waals surface area contributed by atoms with Crippen LogP contribution < -0.4 is 39.0 Å². The van der Waals surface area contributed by atoms with E-state index >= 15 is 0 Å². The molecule has 5 N–H and O–H groups in total. The van der Waals surface area contributed by atoms with Crippen molar-refractivity contribution in [1.82, 2.24) is 68.4 Å². The third-order valence-corrected chi connectivity index (χ3v) is 23.0. The van der Waals surface area contributed by atoms with Crippen molar-refractivity contribution >= 4 is 95.6 Å². The van der Waals surface area contributed by atoms with Crippen molar-refractivity contribution in [3.05, 3.63) is 340 Å². The minimum Gasteiger partial charge on any atom is -0.444 e. The molecule has 718 valence electrons. The molecule has 14 aromatic rings. The van der Waals surface area contributed by atoms with Gasteiger partial charge in [-0.15, -0.1) is 0 Å². The van der Waals surface area contributed by atoms with Gasteiger partial charge in [0.2, 0.25) is 5.91 Å². The number of sulfone groups is 2. The van der Waals surface area contributed by atoms with Crippen molar-refractivity contribution in [1.29, 1.82) is 21.0 Å². The summed E-state index contributed by atoms with van der Waals surface area (Å²) >= 11 is 0. The standard InChI is InChI=1S/C29H25F4N5O4S.C21H21N5O3.2C16H13N5O.C9H8F4.C4H8O2S.2H3P/c1-3-43(41,42)14-13-37(25(39)16-20-8-11-24(30)23(15-20)29(31,32)33)18(2)27-36-26-22(5-4-12-35-26)28(40)38(27)21-9-6-19(17-34)7-10-21;1-13(24-20(28)29-21(2,3)4)18-25-17-16(6-5-11-23-17)19(27)26(18)15-9-7-14(12-22)8-10-15;2*1-10(18)15-20-14-13(3-2-8-19-14)16(22)21(15)12-6-4-11(9-17)5-7-12;1-2-6-3-4-8(10)7(5-6)9(11,12)13;1-3-7(5,6)4-2;;/h4-12,15,18H,3,13-14,16H2,1-2H3;5-11,13H,1-4H3,(H,24,28);2*2-8,10H,18H2,1H3;3-5H,2H2,1H3;3H,1,4H2,2H3;2*1H3/t18-;13-;2*10-;;;;/m1111..../s1. The van der Waals surface area contributed by atoms with Gasteiger partial charge in [0.05, 0.1) is 144 Å². The summed E-state index contributed by atoms with van der Waals surface area (Å²) in [5.74, 6) is -2.87. The van der Waals surface area contributed by atoms with Crippen molar-refractivity contribution < 1.29 is 66.3 Å². The van der Waals surface area contributed by atoms with Crippen molar-refractivity contribution in [3.63, 3.8) is 0 Å². The number of hydrogen-bond acceptors (Lipinski definition) is 25. The summed E-state index contributed by atoms with van der Waals surface area (Å²) in [6, 6.07) is 49.8. The predicted octanol–water partition coefficient (Wildman–Crippen LogP) is 15.0. The summed E-state index contributed by atoms with van der Waals surface area (Å²) in [4.78, 5) is 114. The Hall–Kier alpha value is -15.0. The minimum absolute atomic E-state index is 0. The Labute approximate surface area is 793 Å². The first-order valence-electron chi connectivity index (χ1n) is 41.3. The quantitative estimate of drug-likeness (QED) is 0.0500. The molecule has 43 heteroatoms. The van der Waals surface area contributed by atoms with Gasteiger partial charge in [0, 0.05) is 42.5 Å². The van der Waals surface area contributed by atoms with Crippen molar-refractivity contribution in [2.45, 2.75) is 124 Å². The number of benzene rings is 6. The minimum atomic E-state index is -5.00. The molecule has 8 heterocycles. The number of fused-ring (bicyclic) bond motifs is 4. The van der Waals surface area contributed by atoms with Crippen molar-refractivity contribution in [2.75, 3.05) is 23.8 Å². The second kappa shape index (κ2) is 48.0. The smallest absolute Gasteiger partial charge is 0.419 e. The number of hydrogen-bond donors (Lipinski definition) is 3. The maximum atomic E-state index is 13.9. The second-order valence-electron chi connectivity index (χ2n) is 30.8. The Balaban J connectivity index is 0.000000240. The highest BCUT2D eigenvalue weighted by molar-refractivity contribution is 7.94. The first kappa shape index (κ1) is 110. The summed E-state index contributed by atoms with van der Waals surface area (Å²) in [7, 11) is -6.50. The largest absolute Gasteiger partial charge is 0.444 e. The summed E-state index contributed by atoms with van der Waals surface area (Å²) in [5, 5.41) is 41.0. The number of amides is 2. The molecular weight excluding hydrogens is 1880 g/mol. The molecule has 138 heavy (non-hydrogen) atoms. The van der Waals surface area contributed by atoms with Crippen LogP contribution in [-0.2, 0) is 54.4 Å². The lowest BCUT2D eigenvalue weighted by molar-refractivity contribution is -0.140. The molecule has 0 aliphatic heterocycles. The first-order chi connectivity index (χ1) is 64.2. The SMILES string of the molecule is C=CS(=O)(=O)CC.CCS(=O)(=O)CCN(C(=O)Cc1ccc(F)c(C(F)(F)F)c1)[C@H](C)c1nc2ncccc2c(=O)n1-c1ccc(C#N)cc1.CCc1ccc(F)c(C(F)(F)F)c1.C[C@@H](N)c1nc2ncccc2c(=O)n1-c1ccc(C#N)cc1.C[C@@H](N)c1nc2ncccc2c(=O)n1-c1ccc(C#N)cc1.C[C@@H](NC(=O)OC(C)(C)C)c1nc2ncccc2c(=O)n1-c1ccc(C#N)cc1.P.P. The number of nitrogens with one attached hydrogen (secondary N) is 1. The van der Waals surface area contributed by atoms with Crippen LogP contribution in [-0.4, -0.2) is 121 Å². The van der Waals surface area contributed by atoms with E-state index in [1.807, 2.05) is 24.3 Å². The lowest BCUT2D eigenvalue weighted by atomic mass is 10.1. The number of carbonyl (C=O) groups is 2. The number of aromatic nitrogens is 12. The van der Waals surface area contributed by atoms with E-state index in [9.17, 15) is 86.0 Å². The van der Waals surface area contributed by atoms with E-state index < -0.39 is 114 Å².